The number of anilines is 1. The van der Waals surface area contributed by atoms with Gasteiger partial charge in [0.2, 0.25) is 5.91 Å². The molecule has 0 aliphatic rings. The van der Waals surface area contributed by atoms with E-state index in [1.165, 1.54) is 12.1 Å². The number of hydrogen-bond donors (Lipinski definition) is 3. The fraction of sp³-hybridized carbons (Fsp3) is 0.308. The standard InChI is InChI=1S/C13H14Cl2N2O3S/c1-2-3-4-11(18)17-13(21)16-10-5-7(12(19)20)8(14)6-9(10)15/h5-6H,2-4H2,1H3,(H,19,20)(H2,16,17,18,21). The number of hydrogen-bond acceptors (Lipinski definition) is 3. The van der Waals surface area contributed by atoms with Crippen molar-refractivity contribution in [2.75, 3.05) is 5.32 Å². The summed E-state index contributed by atoms with van der Waals surface area (Å²) in [7, 11) is 0. The molecule has 0 spiro atoms. The molecule has 3 N–H and O–H groups in total. The number of aromatic carboxylic acids is 1. The third kappa shape index (κ3) is 5.49. The molecule has 1 rings (SSSR count). The largest absolute Gasteiger partial charge is 0.478 e. The van der Waals surface area contributed by atoms with E-state index < -0.39 is 5.97 Å². The van der Waals surface area contributed by atoms with Crippen molar-refractivity contribution in [1.29, 1.82) is 0 Å². The molecule has 0 saturated carbocycles. The summed E-state index contributed by atoms with van der Waals surface area (Å²) in [6, 6.07) is 2.56. The highest BCUT2D eigenvalue weighted by atomic mass is 35.5. The molecule has 0 saturated heterocycles. The zero-order valence-corrected chi connectivity index (χ0v) is 13.5. The summed E-state index contributed by atoms with van der Waals surface area (Å²) >= 11 is 16.7. The van der Waals surface area contributed by atoms with E-state index in [9.17, 15) is 9.59 Å². The molecular weight excluding hydrogens is 335 g/mol. The molecular formula is C13H14Cl2N2O3S. The van der Waals surface area contributed by atoms with Crippen LogP contribution in [0.5, 0.6) is 0 Å². The fourth-order valence-corrected chi connectivity index (χ4v) is 2.22. The molecule has 0 aliphatic heterocycles. The van der Waals surface area contributed by atoms with Crippen LogP contribution in [0.4, 0.5) is 5.69 Å². The second-order valence-electron chi connectivity index (χ2n) is 4.22. The maximum absolute atomic E-state index is 11.5. The molecule has 1 amide bonds. The summed E-state index contributed by atoms with van der Waals surface area (Å²) in [6.07, 6.45) is 2.03. The summed E-state index contributed by atoms with van der Waals surface area (Å²) in [5.41, 5.74) is 0.155. The maximum atomic E-state index is 11.5. The van der Waals surface area contributed by atoms with Crippen LogP contribution in [0.25, 0.3) is 0 Å². The zero-order valence-electron chi connectivity index (χ0n) is 11.2. The van der Waals surface area contributed by atoms with Crippen molar-refractivity contribution in [2.45, 2.75) is 26.2 Å². The van der Waals surface area contributed by atoms with Crippen LogP contribution < -0.4 is 10.6 Å². The van der Waals surface area contributed by atoms with Gasteiger partial charge in [-0.25, -0.2) is 4.79 Å². The van der Waals surface area contributed by atoms with Crippen LogP contribution in [0.15, 0.2) is 12.1 Å². The smallest absolute Gasteiger partial charge is 0.337 e. The number of rotatable bonds is 5. The lowest BCUT2D eigenvalue weighted by molar-refractivity contribution is -0.119. The van der Waals surface area contributed by atoms with Gasteiger partial charge < -0.3 is 15.7 Å². The highest BCUT2D eigenvalue weighted by molar-refractivity contribution is 7.80. The second kappa shape index (κ2) is 8.17. The van der Waals surface area contributed by atoms with Crippen LogP contribution in [0.1, 0.15) is 36.5 Å². The first-order valence-corrected chi connectivity index (χ1v) is 7.34. The highest BCUT2D eigenvalue weighted by Crippen LogP contribution is 2.29. The number of halogens is 2. The molecule has 0 fully saturated rings. The number of unbranched alkanes of at least 4 members (excludes halogenated alkanes) is 1. The minimum atomic E-state index is -1.18. The number of carboxylic acid groups (broad SMARTS) is 1. The van der Waals surface area contributed by atoms with Crippen molar-refractivity contribution < 1.29 is 14.7 Å². The van der Waals surface area contributed by atoms with E-state index in [1.54, 1.807) is 0 Å². The van der Waals surface area contributed by atoms with Gasteiger partial charge in [-0.05, 0) is 30.8 Å². The molecule has 21 heavy (non-hydrogen) atoms. The van der Waals surface area contributed by atoms with E-state index in [-0.39, 0.29) is 32.3 Å². The Morgan fingerprint density at radius 2 is 1.95 bits per heavy atom. The Morgan fingerprint density at radius 1 is 1.29 bits per heavy atom. The molecule has 0 heterocycles. The number of thiocarbonyl (C=S) groups is 1. The number of carbonyl (C=O) groups is 2. The normalized spacial score (nSPS) is 10.0. The average Bonchev–Trinajstić information content (AvgIpc) is 2.39. The Bertz CT molecular complexity index is 579. The van der Waals surface area contributed by atoms with E-state index in [2.05, 4.69) is 10.6 Å². The molecule has 0 unspecified atom stereocenters. The van der Waals surface area contributed by atoms with Crippen molar-refractivity contribution in [3.05, 3.63) is 27.7 Å². The van der Waals surface area contributed by atoms with Crippen molar-refractivity contribution >= 4 is 58.1 Å². The molecule has 0 atom stereocenters. The quantitative estimate of drug-likeness (QED) is 0.707. The van der Waals surface area contributed by atoms with Crippen molar-refractivity contribution in [3.63, 3.8) is 0 Å². The summed E-state index contributed by atoms with van der Waals surface area (Å²) in [5.74, 6) is -1.39. The average molecular weight is 349 g/mol. The van der Waals surface area contributed by atoms with Gasteiger partial charge in [0.05, 0.1) is 21.3 Å². The Labute approximate surface area is 137 Å². The van der Waals surface area contributed by atoms with Crippen molar-refractivity contribution in [3.8, 4) is 0 Å². The van der Waals surface area contributed by atoms with E-state index in [1.807, 2.05) is 6.92 Å². The second-order valence-corrected chi connectivity index (χ2v) is 5.45. The van der Waals surface area contributed by atoms with Gasteiger partial charge in [0.15, 0.2) is 5.11 Å². The minimum Gasteiger partial charge on any atom is -0.478 e. The van der Waals surface area contributed by atoms with Crippen LogP contribution in [0, 0.1) is 0 Å². The maximum Gasteiger partial charge on any atom is 0.337 e. The lowest BCUT2D eigenvalue weighted by Gasteiger charge is -2.12. The first-order chi connectivity index (χ1) is 9.85. The molecule has 1 aromatic rings. The number of nitrogens with one attached hydrogen (secondary N) is 2. The van der Waals surface area contributed by atoms with Gasteiger partial charge in [-0.2, -0.15) is 0 Å². The van der Waals surface area contributed by atoms with Crippen LogP contribution >= 0.6 is 35.4 Å². The SMILES string of the molecule is CCCCC(=O)NC(=S)Nc1cc(C(=O)O)c(Cl)cc1Cl. The van der Waals surface area contributed by atoms with Crippen molar-refractivity contribution in [2.24, 2.45) is 0 Å². The number of amides is 1. The molecule has 0 aromatic heterocycles. The van der Waals surface area contributed by atoms with Crippen molar-refractivity contribution in [1.82, 2.24) is 5.32 Å². The van der Waals surface area contributed by atoms with Gasteiger partial charge in [-0.3, -0.25) is 4.79 Å². The third-order valence-electron chi connectivity index (χ3n) is 2.55. The molecule has 0 radical (unpaired) electrons. The zero-order chi connectivity index (χ0) is 16.0. The Hall–Kier alpha value is -1.37. The number of carbonyl (C=O) groups excluding carboxylic acids is 1. The number of carboxylic acids is 1. The minimum absolute atomic E-state index is 0.0240. The van der Waals surface area contributed by atoms with Gasteiger partial charge in [-0.15, -0.1) is 0 Å². The first kappa shape index (κ1) is 17.7. The molecule has 0 aliphatic carbocycles. The van der Waals surface area contributed by atoms with Gasteiger partial charge in [0, 0.05) is 6.42 Å². The molecule has 114 valence electrons. The fourth-order valence-electron chi connectivity index (χ4n) is 1.49. The summed E-state index contributed by atoms with van der Waals surface area (Å²) in [6.45, 7) is 1.98. The molecule has 5 nitrogen and oxygen atoms in total. The summed E-state index contributed by atoms with van der Waals surface area (Å²) in [5, 5.41) is 14.5. The van der Waals surface area contributed by atoms with Gasteiger partial charge in [0.25, 0.3) is 0 Å². The van der Waals surface area contributed by atoms with Crippen LogP contribution in [-0.4, -0.2) is 22.1 Å². The first-order valence-electron chi connectivity index (χ1n) is 6.18. The Morgan fingerprint density at radius 3 is 2.52 bits per heavy atom. The number of benzene rings is 1. The van der Waals surface area contributed by atoms with E-state index >= 15 is 0 Å². The topological polar surface area (TPSA) is 78.4 Å². The summed E-state index contributed by atoms with van der Waals surface area (Å²) < 4.78 is 0. The Balaban J connectivity index is 2.78. The monoisotopic (exact) mass is 348 g/mol. The highest BCUT2D eigenvalue weighted by Gasteiger charge is 2.14. The van der Waals surface area contributed by atoms with E-state index in [4.69, 9.17) is 40.5 Å². The predicted molar refractivity (Wildman–Crippen MR) is 87.3 cm³/mol. The van der Waals surface area contributed by atoms with Gasteiger partial charge in [-0.1, -0.05) is 36.5 Å². The molecule has 0 bridgehead atoms. The van der Waals surface area contributed by atoms with Gasteiger partial charge in [0.1, 0.15) is 0 Å². The van der Waals surface area contributed by atoms with Crippen LogP contribution in [0.3, 0.4) is 0 Å². The van der Waals surface area contributed by atoms with Gasteiger partial charge >= 0.3 is 5.97 Å². The van der Waals surface area contributed by atoms with E-state index in [0.717, 1.165) is 12.8 Å². The molecule has 1 aromatic carbocycles. The Kier molecular flexibility index (Phi) is 6.87. The van der Waals surface area contributed by atoms with Crippen LogP contribution in [-0.2, 0) is 4.79 Å². The third-order valence-corrected chi connectivity index (χ3v) is 3.38. The summed E-state index contributed by atoms with van der Waals surface area (Å²) in [4.78, 5) is 22.5. The van der Waals surface area contributed by atoms with E-state index in [0.29, 0.717) is 6.42 Å². The van der Waals surface area contributed by atoms with Crippen LogP contribution in [0.2, 0.25) is 10.0 Å². The predicted octanol–water partition coefficient (Wildman–Crippen LogP) is 3.69. The molecule has 8 heteroatoms. The lowest BCUT2D eigenvalue weighted by Crippen LogP contribution is -2.34. The lowest BCUT2D eigenvalue weighted by atomic mass is 10.2.